The number of hydrogen-bond donors (Lipinski definition) is 0. The second kappa shape index (κ2) is 8.20. The van der Waals surface area contributed by atoms with Crippen molar-refractivity contribution in [3.05, 3.63) is 52.2 Å². The number of methoxy groups -OCH3 is 1. The zero-order valence-corrected chi connectivity index (χ0v) is 17.1. The van der Waals surface area contributed by atoms with Gasteiger partial charge in [0.05, 0.1) is 39.1 Å². The Balaban J connectivity index is 1.56. The first-order chi connectivity index (χ1) is 14.7. The predicted octanol–water partition coefficient (Wildman–Crippen LogP) is 2.19. The SMILES string of the molecule is COc1ccc(Cn2c(CC3COC3)nc3c(cnn3C3CCOCC3)c2=O)cc1. The topological polar surface area (TPSA) is 80.4 Å². The Hall–Kier alpha value is -2.71. The third-order valence-electron chi connectivity index (χ3n) is 6.01. The smallest absolute Gasteiger partial charge is 0.264 e. The zero-order chi connectivity index (χ0) is 20.5. The van der Waals surface area contributed by atoms with Crippen LogP contribution in [0.15, 0.2) is 35.3 Å². The molecule has 0 aliphatic carbocycles. The summed E-state index contributed by atoms with van der Waals surface area (Å²) in [5.74, 6) is 1.99. The van der Waals surface area contributed by atoms with Crippen LogP contribution in [0.4, 0.5) is 0 Å². The molecule has 0 amide bonds. The van der Waals surface area contributed by atoms with E-state index in [1.165, 1.54) is 0 Å². The first-order valence-corrected chi connectivity index (χ1v) is 10.5. The lowest BCUT2D eigenvalue weighted by Gasteiger charge is -2.27. The van der Waals surface area contributed by atoms with Gasteiger partial charge in [-0.2, -0.15) is 5.10 Å². The molecule has 0 saturated carbocycles. The van der Waals surface area contributed by atoms with Crippen LogP contribution >= 0.6 is 0 Å². The summed E-state index contributed by atoms with van der Waals surface area (Å²) in [6.07, 6.45) is 4.17. The first kappa shape index (κ1) is 19.3. The lowest BCUT2D eigenvalue weighted by Crippen LogP contribution is -2.34. The minimum absolute atomic E-state index is 0.0376. The molecule has 4 heterocycles. The Kier molecular flexibility index (Phi) is 5.26. The van der Waals surface area contributed by atoms with Crippen LogP contribution in [0.25, 0.3) is 11.0 Å². The third-order valence-corrected chi connectivity index (χ3v) is 6.01. The van der Waals surface area contributed by atoms with Gasteiger partial charge in [-0.15, -0.1) is 0 Å². The molecule has 0 spiro atoms. The third kappa shape index (κ3) is 3.61. The van der Waals surface area contributed by atoms with E-state index in [-0.39, 0.29) is 11.6 Å². The van der Waals surface area contributed by atoms with Gasteiger partial charge >= 0.3 is 0 Å². The van der Waals surface area contributed by atoms with Crippen molar-refractivity contribution in [2.75, 3.05) is 33.5 Å². The fourth-order valence-corrected chi connectivity index (χ4v) is 4.15. The van der Waals surface area contributed by atoms with Gasteiger partial charge in [-0.05, 0) is 30.5 Å². The minimum Gasteiger partial charge on any atom is -0.497 e. The molecule has 0 unspecified atom stereocenters. The molecule has 0 N–H and O–H groups in total. The molecular weight excluding hydrogens is 384 g/mol. The molecule has 30 heavy (non-hydrogen) atoms. The minimum atomic E-state index is -0.0376. The maximum Gasteiger partial charge on any atom is 0.264 e. The van der Waals surface area contributed by atoms with Crippen molar-refractivity contribution in [1.82, 2.24) is 19.3 Å². The van der Waals surface area contributed by atoms with Gasteiger partial charge < -0.3 is 14.2 Å². The molecular formula is C22H26N4O4. The molecule has 0 radical (unpaired) electrons. The molecule has 5 rings (SSSR count). The average Bonchev–Trinajstić information content (AvgIpc) is 3.18. The van der Waals surface area contributed by atoms with Gasteiger partial charge in [0.15, 0.2) is 5.65 Å². The molecule has 2 saturated heterocycles. The van der Waals surface area contributed by atoms with Crippen LogP contribution in [0.5, 0.6) is 5.75 Å². The van der Waals surface area contributed by atoms with Gasteiger partial charge in [0.25, 0.3) is 5.56 Å². The van der Waals surface area contributed by atoms with Crippen LogP contribution in [0, 0.1) is 5.92 Å². The van der Waals surface area contributed by atoms with Crippen LogP contribution in [-0.2, 0) is 22.4 Å². The number of benzene rings is 1. The summed E-state index contributed by atoms with van der Waals surface area (Å²) in [5.41, 5.74) is 1.68. The maximum absolute atomic E-state index is 13.4. The van der Waals surface area contributed by atoms with E-state index >= 15 is 0 Å². The molecule has 0 bridgehead atoms. The summed E-state index contributed by atoms with van der Waals surface area (Å²) < 4.78 is 19.8. The summed E-state index contributed by atoms with van der Waals surface area (Å²) in [5, 5.41) is 5.12. The van der Waals surface area contributed by atoms with Crippen molar-refractivity contribution >= 4 is 11.0 Å². The highest BCUT2D eigenvalue weighted by Gasteiger charge is 2.25. The highest BCUT2D eigenvalue weighted by atomic mass is 16.5. The molecule has 2 aliphatic rings. The Morgan fingerprint density at radius 3 is 2.57 bits per heavy atom. The van der Waals surface area contributed by atoms with Crippen LogP contribution in [0.2, 0.25) is 0 Å². The van der Waals surface area contributed by atoms with E-state index in [1.807, 2.05) is 28.9 Å². The number of nitrogens with zero attached hydrogens (tertiary/aromatic N) is 4. The van der Waals surface area contributed by atoms with Crippen molar-refractivity contribution in [2.24, 2.45) is 5.92 Å². The Morgan fingerprint density at radius 2 is 1.90 bits per heavy atom. The lowest BCUT2D eigenvalue weighted by atomic mass is 10.0. The molecule has 2 aromatic heterocycles. The van der Waals surface area contributed by atoms with Crippen molar-refractivity contribution in [3.8, 4) is 5.75 Å². The number of ether oxygens (including phenoxy) is 3. The van der Waals surface area contributed by atoms with Crippen LogP contribution < -0.4 is 10.3 Å². The molecule has 1 aromatic carbocycles. The first-order valence-electron chi connectivity index (χ1n) is 10.5. The molecule has 8 nitrogen and oxygen atoms in total. The van der Waals surface area contributed by atoms with E-state index in [4.69, 9.17) is 19.2 Å². The number of hydrogen-bond acceptors (Lipinski definition) is 6. The maximum atomic E-state index is 13.4. The van der Waals surface area contributed by atoms with Crippen LogP contribution in [0.1, 0.15) is 30.3 Å². The highest BCUT2D eigenvalue weighted by molar-refractivity contribution is 5.73. The largest absolute Gasteiger partial charge is 0.497 e. The van der Waals surface area contributed by atoms with Crippen molar-refractivity contribution in [2.45, 2.75) is 31.8 Å². The Labute approximate surface area is 174 Å². The summed E-state index contributed by atoms with van der Waals surface area (Å²) >= 11 is 0. The van der Waals surface area contributed by atoms with E-state index in [9.17, 15) is 4.79 Å². The monoisotopic (exact) mass is 410 g/mol. The van der Waals surface area contributed by atoms with Crippen molar-refractivity contribution in [3.63, 3.8) is 0 Å². The standard InChI is InChI=1S/C22H26N4O4/c1-28-18-4-2-15(3-5-18)12-25-20(10-16-13-30-14-16)24-21-19(22(25)27)11-23-26(21)17-6-8-29-9-7-17/h2-5,11,16-17H,6-10,12-14H2,1H3. The van der Waals surface area contributed by atoms with Gasteiger partial charge in [0.2, 0.25) is 0 Å². The van der Waals surface area contributed by atoms with Crippen LogP contribution in [-0.4, -0.2) is 52.9 Å². The van der Waals surface area contributed by atoms with Gasteiger partial charge in [0.1, 0.15) is 17.0 Å². The average molecular weight is 410 g/mol. The summed E-state index contributed by atoms with van der Waals surface area (Å²) in [6, 6.07) is 8.01. The normalized spacial score (nSPS) is 17.9. The number of rotatable bonds is 6. The summed E-state index contributed by atoms with van der Waals surface area (Å²) in [7, 11) is 1.65. The van der Waals surface area contributed by atoms with Crippen LogP contribution in [0.3, 0.4) is 0 Å². The molecule has 2 fully saturated rings. The zero-order valence-electron chi connectivity index (χ0n) is 17.1. The Bertz CT molecular complexity index is 1080. The second-order valence-electron chi connectivity index (χ2n) is 8.04. The summed E-state index contributed by atoms with van der Waals surface area (Å²) in [4.78, 5) is 18.4. The predicted molar refractivity (Wildman–Crippen MR) is 111 cm³/mol. The molecule has 0 atom stereocenters. The fraction of sp³-hybridized carbons (Fsp3) is 0.500. The van der Waals surface area contributed by atoms with E-state index in [2.05, 4.69) is 5.10 Å². The Morgan fingerprint density at radius 1 is 1.13 bits per heavy atom. The van der Waals surface area contributed by atoms with Crippen molar-refractivity contribution in [1.29, 1.82) is 0 Å². The van der Waals surface area contributed by atoms with Gasteiger partial charge in [0, 0.05) is 25.6 Å². The fourth-order valence-electron chi connectivity index (χ4n) is 4.15. The van der Waals surface area contributed by atoms with E-state index in [0.717, 1.165) is 49.6 Å². The van der Waals surface area contributed by atoms with Crippen molar-refractivity contribution < 1.29 is 14.2 Å². The number of fused-ring (bicyclic) bond motifs is 1. The molecule has 2 aliphatic heterocycles. The lowest BCUT2D eigenvalue weighted by molar-refractivity contribution is -0.0325. The quantitative estimate of drug-likeness (QED) is 0.620. The summed E-state index contributed by atoms with van der Waals surface area (Å²) in [6.45, 7) is 3.34. The molecule has 3 aromatic rings. The van der Waals surface area contributed by atoms with E-state index in [1.54, 1.807) is 17.9 Å². The molecule has 8 heteroatoms. The highest BCUT2D eigenvalue weighted by Crippen LogP contribution is 2.24. The van der Waals surface area contributed by atoms with Gasteiger partial charge in [-0.25, -0.2) is 9.67 Å². The number of aromatic nitrogens is 4. The molecule has 158 valence electrons. The van der Waals surface area contributed by atoms with Gasteiger partial charge in [-0.1, -0.05) is 12.1 Å². The van der Waals surface area contributed by atoms with E-state index in [0.29, 0.717) is 36.7 Å². The second-order valence-corrected chi connectivity index (χ2v) is 8.04. The van der Waals surface area contributed by atoms with E-state index < -0.39 is 0 Å². The van der Waals surface area contributed by atoms with Gasteiger partial charge in [-0.3, -0.25) is 9.36 Å².